The summed E-state index contributed by atoms with van der Waals surface area (Å²) in [7, 11) is 0. The number of aryl methyl sites for hydroxylation is 1. The van der Waals surface area contributed by atoms with Crippen LogP contribution in [0.5, 0.6) is 0 Å². The molecule has 140 valence electrons. The van der Waals surface area contributed by atoms with E-state index in [-0.39, 0.29) is 17.6 Å². The standard InChI is InChI=1S/C19H20N4O4/c1-11(2)16(22-18(24)15-8-5-9-26-15)19(25)21-14-7-4-6-13(10-14)17-20-12(3)27-23-17/h4-11,16H,1-3H3,(H,21,25)(H,22,24)/t16-/m1/s1. The van der Waals surface area contributed by atoms with Crippen LogP contribution in [0.15, 0.2) is 51.6 Å². The summed E-state index contributed by atoms with van der Waals surface area (Å²) in [6, 6.07) is 9.53. The predicted octanol–water partition coefficient (Wildman–Crippen LogP) is 3.03. The summed E-state index contributed by atoms with van der Waals surface area (Å²) in [6.45, 7) is 5.41. The third kappa shape index (κ3) is 4.41. The first-order chi connectivity index (χ1) is 12.9. The maximum Gasteiger partial charge on any atom is 0.287 e. The van der Waals surface area contributed by atoms with E-state index in [0.717, 1.165) is 0 Å². The van der Waals surface area contributed by atoms with E-state index in [4.69, 9.17) is 8.94 Å². The largest absolute Gasteiger partial charge is 0.459 e. The van der Waals surface area contributed by atoms with E-state index in [1.165, 1.54) is 6.26 Å². The molecule has 1 aromatic carbocycles. The number of carbonyl (C=O) groups excluding carboxylic acids is 2. The third-order valence-electron chi connectivity index (χ3n) is 3.90. The molecular weight excluding hydrogens is 348 g/mol. The lowest BCUT2D eigenvalue weighted by atomic mass is 10.0. The van der Waals surface area contributed by atoms with Crippen molar-refractivity contribution < 1.29 is 18.5 Å². The lowest BCUT2D eigenvalue weighted by Gasteiger charge is -2.21. The highest BCUT2D eigenvalue weighted by molar-refractivity contribution is 6.00. The molecular formula is C19H20N4O4. The van der Waals surface area contributed by atoms with Crippen LogP contribution in [-0.2, 0) is 4.79 Å². The van der Waals surface area contributed by atoms with Crippen molar-refractivity contribution in [3.8, 4) is 11.4 Å². The van der Waals surface area contributed by atoms with Crippen LogP contribution in [0.25, 0.3) is 11.4 Å². The Balaban J connectivity index is 1.73. The molecule has 0 aliphatic carbocycles. The fourth-order valence-electron chi connectivity index (χ4n) is 2.53. The van der Waals surface area contributed by atoms with E-state index in [1.807, 2.05) is 19.9 Å². The number of hydrogen-bond donors (Lipinski definition) is 2. The predicted molar refractivity (Wildman–Crippen MR) is 97.9 cm³/mol. The number of hydrogen-bond acceptors (Lipinski definition) is 6. The molecule has 0 aliphatic rings. The minimum atomic E-state index is -0.723. The zero-order chi connectivity index (χ0) is 19.4. The average molecular weight is 368 g/mol. The molecule has 8 heteroatoms. The zero-order valence-electron chi connectivity index (χ0n) is 15.2. The van der Waals surface area contributed by atoms with Gasteiger partial charge in [0.15, 0.2) is 5.76 Å². The molecule has 2 N–H and O–H groups in total. The molecule has 0 radical (unpaired) electrons. The Bertz CT molecular complexity index is 931. The van der Waals surface area contributed by atoms with Crippen LogP contribution >= 0.6 is 0 Å². The Morgan fingerprint density at radius 3 is 2.59 bits per heavy atom. The van der Waals surface area contributed by atoms with E-state index >= 15 is 0 Å². The number of aromatic nitrogens is 2. The van der Waals surface area contributed by atoms with Gasteiger partial charge >= 0.3 is 0 Å². The summed E-state index contributed by atoms with van der Waals surface area (Å²) in [6.07, 6.45) is 1.41. The second-order valence-electron chi connectivity index (χ2n) is 6.38. The van der Waals surface area contributed by atoms with Crippen molar-refractivity contribution in [1.29, 1.82) is 0 Å². The molecule has 0 saturated carbocycles. The highest BCUT2D eigenvalue weighted by Crippen LogP contribution is 2.20. The van der Waals surface area contributed by atoms with Gasteiger partial charge in [-0.3, -0.25) is 9.59 Å². The number of carbonyl (C=O) groups is 2. The van der Waals surface area contributed by atoms with Crippen LogP contribution in [-0.4, -0.2) is 28.0 Å². The van der Waals surface area contributed by atoms with Gasteiger partial charge in [0.1, 0.15) is 6.04 Å². The average Bonchev–Trinajstić information content (AvgIpc) is 3.31. The van der Waals surface area contributed by atoms with Gasteiger partial charge in [0.25, 0.3) is 5.91 Å². The van der Waals surface area contributed by atoms with Crippen LogP contribution < -0.4 is 10.6 Å². The van der Waals surface area contributed by atoms with Crippen LogP contribution in [0.3, 0.4) is 0 Å². The van der Waals surface area contributed by atoms with Gasteiger partial charge < -0.3 is 19.6 Å². The van der Waals surface area contributed by atoms with Crippen LogP contribution in [0.2, 0.25) is 0 Å². The van der Waals surface area contributed by atoms with Gasteiger partial charge in [0.2, 0.25) is 17.6 Å². The topological polar surface area (TPSA) is 110 Å². The summed E-state index contributed by atoms with van der Waals surface area (Å²) in [5.41, 5.74) is 1.28. The summed E-state index contributed by atoms with van der Waals surface area (Å²) in [5, 5.41) is 9.40. The Labute approximate surface area is 156 Å². The molecule has 3 rings (SSSR count). The molecule has 0 unspecified atom stereocenters. The summed E-state index contributed by atoms with van der Waals surface area (Å²) in [5.74, 6) is 0.168. The molecule has 2 amide bonds. The molecule has 0 saturated heterocycles. The maximum atomic E-state index is 12.7. The van der Waals surface area contributed by atoms with E-state index in [9.17, 15) is 9.59 Å². The number of rotatable bonds is 6. The summed E-state index contributed by atoms with van der Waals surface area (Å²) < 4.78 is 10.1. The minimum absolute atomic E-state index is 0.119. The van der Waals surface area contributed by atoms with Crippen molar-refractivity contribution in [1.82, 2.24) is 15.5 Å². The monoisotopic (exact) mass is 368 g/mol. The number of benzene rings is 1. The fraction of sp³-hybridized carbons (Fsp3) is 0.263. The number of anilines is 1. The van der Waals surface area contributed by atoms with E-state index in [2.05, 4.69) is 20.8 Å². The van der Waals surface area contributed by atoms with Gasteiger partial charge in [-0.15, -0.1) is 0 Å². The molecule has 1 atom stereocenters. The number of amides is 2. The summed E-state index contributed by atoms with van der Waals surface area (Å²) >= 11 is 0. The molecule has 2 aromatic heterocycles. The Hall–Kier alpha value is -3.42. The Kier molecular flexibility index (Phi) is 5.35. The quantitative estimate of drug-likeness (QED) is 0.692. The van der Waals surface area contributed by atoms with Gasteiger partial charge in [-0.05, 0) is 30.2 Å². The van der Waals surface area contributed by atoms with E-state index in [1.54, 1.807) is 37.3 Å². The first kappa shape index (κ1) is 18.4. The normalized spacial score (nSPS) is 12.0. The Morgan fingerprint density at radius 1 is 1.15 bits per heavy atom. The van der Waals surface area contributed by atoms with Crippen molar-refractivity contribution in [2.75, 3.05) is 5.32 Å². The summed E-state index contributed by atoms with van der Waals surface area (Å²) in [4.78, 5) is 29.1. The van der Waals surface area contributed by atoms with Gasteiger partial charge in [-0.25, -0.2) is 0 Å². The lowest BCUT2D eigenvalue weighted by molar-refractivity contribution is -0.118. The second kappa shape index (κ2) is 7.86. The van der Waals surface area contributed by atoms with Gasteiger partial charge in [0, 0.05) is 18.2 Å². The third-order valence-corrected chi connectivity index (χ3v) is 3.90. The molecule has 2 heterocycles. The SMILES string of the molecule is Cc1nc(-c2cccc(NC(=O)[C@H](NC(=O)c3ccco3)C(C)C)c2)no1. The lowest BCUT2D eigenvalue weighted by Crippen LogP contribution is -2.47. The molecule has 8 nitrogen and oxygen atoms in total. The fourth-order valence-corrected chi connectivity index (χ4v) is 2.53. The number of furan rings is 1. The zero-order valence-corrected chi connectivity index (χ0v) is 15.2. The van der Waals surface area contributed by atoms with Crippen LogP contribution in [0.1, 0.15) is 30.3 Å². The molecule has 0 spiro atoms. The molecule has 0 fully saturated rings. The minimum Gasteiger partial charge on any atom is -0.459 e. The van der Waals surface area contributed by atoms with E-state index < -0.39 is 11.9 Å². The number of nitrogens with zero attached hydrogens (tertiary/aromatic N) is 2. The van der Waals surface area contributed by atoms with Gasteiger partial charge in [-0.1, -0.05) is 31.1 Å². The molecule has 0 aliphatic heterocycles. The van der Waals surface area contributed by atoms with E-state index in [0.29, 0.717) is 23.0 Å². The van der Waals surface area contributed by atoms with Crippen LogP contribution in [0.4, 0.5) is 5.69 Å². The van der Waals surface area contributed by atoms with Crippen molar-refractivity contribution in [2.24, 2.45) is 5.92 Å². The molecule has 27 heavy (non-hydrogen) atoms. The molecule has 0 bridgehead atoms. The first-order valence-corrected chi connectivity index (χ1v) is 8.50. The second-order valence-corrected chi connectivity index (χ2v) is 6.38. The first-order valence-electron chi connectivity index (χ1n) is 8.50. The van der Waals surface area contributed by atoms with Crippen LogP contribution in [0, 0.1) is 12.8 Å². The Morgan fingerprint density at radius 2 is 1.96 bits per heavy atom. The van der Waals surface area contributed by atoms with Crippen molar-refractivity contribution in [2.45, 2.75) is 26.8 Å². The maximum absolute atomic E-state index is 12.7. The van der Waals surface area contributed by atoms with Gasteiger partial charge in [0.05, 0.1) is 6.26 Å². The number of nitrogens with one attached hydrogen (secondary N) is 2. The highest BCUT2D eigenvalue weighted by atomic mass is 16.5. The highest BCUT2D eigenvalue weighted by Gasteiger charge is 2.25. The van der Waals surface area contributed by atoms with Crippen molar-refractivity contribution in [3.05, 3.63) is 54.3 Å². The van der Waals surface area contributed by atoms with Crippen molar-refractivity contribution >= 4 is 17.5 Å². The molecule has 3 aromatic rings. The van der Waals surface area contributed by atoms with Gasteiger partial charge in [-0.2, -0.15) is 4.98 Å². The van der Waals surface area contributed by atoms with Crippen molar-refractivity contribution in [3.63, 3.8) is 0 Å². The smallest absolute Gasteiger partial charge is 0.287 e.